The molecule has 0 aromatic heterocycles. The molecule has 1 fully saturated rings. The molecule has 0 radical (unpaired) electrons. The lowest BCUT2D eigenvalue weighted by Crippen LogP contribution is -2.28. The van der Waals surface area contributed by atoms with Crippen LogP contribution < -0.4 is 21.3 Å². The lowest BCUT2D eigenvalue weighted by Gasteiger charge is -2.28. The number of nitrogens with one attached hydrogen (secondary N) is 4. The van der Waals surface area contributed by atoms with Gasteiger partial charge in [-0.15, -0.1) is 11.6 Å². The summed E-state index contributed by atoms with van der Waals surface area (Å²) in [6, 6.07) is 15.8. The molecule has 1 aliphatic rings. The van der Waals surface area contributed by atoms with E-state index in [0.29, 0.717) is 11.2 Å². The van der Waals surface area contributed by atoms with Gasteiger partial charge in [-0.05, 0) is 74.3 Å². The molecule has 28 heavy (non-hydrogen) atoms. The van der Waals surface area contributed by atoms with Crippen molar-refractivity contribution in [2.75, 3.05) is 21.3 Å². The number of thiocarbonyl (C=S) groups is 1. The summed E-state index contributed by atoms with van der Waals surface area (Å²) >= 11 is 11.8. The number of hydrogen-bond acceptors (Lipinski definition) is 3. The average Bonchev–Trinajstić information content (AvgIpc) is 2.64. The molecule has 7 heteroatoms. The molecule has 0 saturated heterocycles. The van der Waals surface area contributed by atoms with Crippen LogP contribution in [-0.4, -0.2) is 22.4 Å². The summed E-state index contributed by atoms with van der Waals surface area (Å²) in [5, 5.41) is 13.5. The maximum absolute atomic E-state index is 11.1. The Morgan fingerprint density at radius 3 is 2.25 bits per heavy atom. The molecule has 0 aliphatic heterocycles. The van der Waals surface area contributed by atoms with Crippen LogP contribution in [0.15, 0.2) is 48.5 Å². The molecule has 5 nitrogen and oxygen atoms in total. The number of halogens is 1. The Labute approximate surface area is 176 Å². The second kappa shape index (κ2) is 9.75. The van der Waals surface area contributed by atoms with Gasteiger partial charge in [0.25, 0.3) is 0 Å². The van der Waals surface area contributed by atoms with Gasteiger partial charge < -0.3 is 21.3 Å². The molecule has 2 aromatic carbocycles. The molecule has 1 amide bonds. The minimum atomic E-state index is -0.0968. The largest absolute Gasteiger partial charge is 0.381 e. The van der Waals surface area contributed by atoms with Crippen molar-refractivity contribution < 1.29 is 4.79 Å². The van der Waals surface area contributed by atoms with Crippen molar-refractivity contribution in [3.05, 3.63) is 48.5 Å². The van der Waals surface area contributed by atoms with Crippen LogP contribution in [0, 0.1) is 0 Å². The van der Waals surface area contributed by atoms with E-state index in [-0.39, 0.29) is 11.3 Å². The summed E-state index contributed by atoms with van der Waals surface area (Å²) in [6.07, 6.45) is 4.34. The quantitative estimate of drug-likeness (QED) is 0.387. The lowest BCUT2D eigenvalue weighted by molar-refractivity contribution is -0.114. The van der Waals surface area contributed by atoms with E-state index in [9.17, 15) is 4.79 Å². The lowest BCUT2D eigenvalue weighted by atomic mass is 9.95. The van der Waals surface area contributed by atoms with E-state index in [4.69, 9.17) is 23.8 Å². The van der Waals surface area contributed by atoms with Crippen LogP contribution in [0.2, 0.25) is 0 Å². The highest BCUT2D eigenvalue weighted by Gasteiger charge is 2.20. The first-order chi connectivity index (χ1) is 13.5. The summed E-state index contributed by atoms with van der Waals surface area (Å²) in [5.74, 6) is -0.0968. The van der Waals surface area contributed by atoms with Gasteiger partial charge in [0.2, 0.25) is 5.91 Å². The van der Waals surface area contributed by atoms with Gasteiger partial charge in [0, 0.05) is 29.7 Å². The number of para-hydroxylation sites is 2. The van der Waals surface area contributed by atoms with E-state index in [1.54, 1.807) is 0 Å². The molecule has 2 unspecified atom stereocenters. The molecule has 0 spiro atoms. The Morgan fingerprint density at radius 2 is 1.61 bits per heavy atom. The molecule has 0 heterocycles. The van der Waals surface area contributed by atoms with Gasteiger partial charge in [-0.1, -0.05) is 12.1 Å². The smallest absolute Gasteiger partial charge is 0.221 e. The molecule has 148 valence electrons. The van der Waals surface area contributed by atoms with Gasteiger partial charge in [0.05, 0.1) is 11.4 Å². The number of carbonyl (C=O) groups is 1. The van der Waals surface area contributed by atoms with Gasteiger partial charge in [-0.25, -0.2) is 0 Å². The predicted molar refractivity (Wildman–Crippen MR) is 123 cm³/mol. The van der Waals surface area contributed by atoms with Crippen molar-refractivity contribution in [2.45, 2.75) is 44.0 Å². The molecule has 1 aliphatic carbocycles. The van der Waals surface area contributed by atoms with Crippen molar-refractivity contribution in [3.8, 4) is 0 Å². The van der Waals surface area contributed by atoms with Gasteiger partial charge in [-0.2, -0.15) is 0 Å². The first-order valence-corrected chi connectivity index (χ1v) is 10.3. The minimum absolute atomic E-state index is 0.0968. The monoisotopic (exact) mass is 416 g/mol. The third kappa shape index (κ3) is 6.11. The van der Waals surface area contributed by atoms with E-state index >= 15 is 0 Å². The zero-order valence-electron chi connectivity index (χ0n) is 15.8. The first-order valence-electron chi connectivity index (χ1n) is 9.45. The van der Waals surface area contributed by atoms with Crippen molar-refractivity contribution in [1.82, 2.24) is 0 Å². The van der Waals surface area contributed by atoms with Crippen molar-refractivity contribution in [1.29, 1.82) is 0 Å². The van der Waals surface area contributed by atoms with E-state index in [0.717, 1.165) is 48.4 Å². The average molecular weight is 417 g/mol. The van der Waals surface area contributed by atoms with Crippen LogP contribution in [-0.2, 0) is 4.79 Å². The van der Waals surface area contributed by atoms with Crippen LogP contribution in [0.1, 0.15) is 32.6 Å². The normalized spacial score (nSPS) is 18.8. The third-order valence-corrected chi connectivity index (χ3v) is 5.21. The highest BCUT2D eigenvalue weighted by atomic mass is 35.5. The van der Waals surface area contributed by atoms with E-state index < -0.39 is 0 Å². The zero-order valence-corrected chi connectivity index (χ0v) is 17.4. The van der Waals surface area contributed by atoms with Crippen LogP contribution in [0.5, 0.6) is 0 Å². The number of amides is 1. The van der Waals surface area contributed by atoms with Gasteiger partial charge >= 0.3 is 0 Å². The van der Waals surface area contributed by atoms with Crippen molar-refractivity contribution in [2.24, 2.45) is 0 Å². The molecular weight excluding hydrogens is 392 g/mol. The maximum atomic E-state index is 11.1. The second-order valence-corrected chi connectivity index (χ2v) is 8.01. The summed E-state index contributed by atoms with van der Waals surface area (Å²) in [4.78, 5) is 11.1. The van der Waals surface area contributed by atoms with E-state index in [1.807, 2.05) is 48.5 Å². The highest BCUT2D eigenvalue weighted by Crippen LogP contribution is 2.29. The highest BCUT2D eigenvalue weighted by molar-refractivity contribution is 7.80. The number of carbonyl (C=O) groups excluding carboxylic acids is 1. The van der Waals surface area contributed by atoms with Crippen molar-refractivity contribution in [3.63, 3.8) is 0 Å². The molecule has 0 bridgehead atoms. The predicted octanol–water partition coefficient (Wildman–Crippen LogP) is 5.42. The molecule has 3 rings (SSSR count). The summed E-state index contributed by atoms with van der Waals surface area (Å²) in [7, 11) is 0. The Hall–Kier alpha value is -2.31. The van der Waals surface area contributed by atoms with Gasteiger partial charge in [-0.3, -0.25) is 4.79 Å². The fourth-order valence-corrected chi connectivity index (χ4v) is 3.92. The molecule has 1 saturated carbocycles. The first kappa shape index (κ1) is 20.4. The number of benzene rings is 2. The molecule has 4 N–H and O–H groups in total. The SMILES string of the molecule is CC(=O)Nc1ccc(NC(=S)Nc2ccccc2NC2CCCC(Cl)C2)cc1. The van der Waals surface area contributed by atoms with Gasteiger partial charge in [0.1, 0.15) is 0 Å². The van der Waals surface area contributed by atoms with Crippen molar-refractivity contribution >= 4 is 57.6 Å². The van der Waals surface area contributed by atoms with Crippen LogP contribution in [0.4, 0.5) is 22.7 Å². The van der Waals surface area contributed by atoms with E-state index in [1.165, 1.54) is 6.92 Å². The van der Waals surface area contributed by atoms with Crippen LogP contribution >= 0.6 is 23.8 Å². The molecule has 2 aromatic rings. The van der Waals surface area contributed by atoms with E-state index in [2.05, 4.69) is 21.3 Å². The maximum Gasteiger partial charge on any atom is 0.221 e. The second-order valence-electron chi connectivity index (χ2n) is 6.99. The van der Waals surface area contributed by atoms with Gasteiger partial charge in [0.15, 0.2) is 5.11 Å². The topological polar surface area (TPSA) is 65.2 Å². The summed E-state index contributed by atoms with van der Waals surface area (Å²) in [5.41, 5.74) is 3.53. The summed E-state index contributed by atoms with van der Waals surface area (Å²) < 4.78 is 0. The van der Waals surface area contributed by atoms with Crippen LogP contribution in [0.3, 0.4) is 0 Å². The Kier molecular flexibility index (Phi) is 7.12. The number of alkyl halides is 1. The molecular formula is C21H25ClN4OS. The summed E-state index contributed by atoms with van der Waals surface area (Å²) in [6.45, 7) is 1.48. The zero-order chi connectivity index (χ0) is 19.9. The molecule has 2 atom stereocenters. The fourth-order valence-electron chi connectivity index (χ4n) is 3.32. The Balaban J connectivity index is 1.60. The fraction of sp³-hybridized carbons (Fsp3) is 0.333. The number of hydrogen-bond donors (Lipinski definition) is 4. The Bertz CT molecular complexity index is 827. The standard InChI is InChI=1S/C21H25ClN4OS/c1-14(27)23-16-9-11-17(12-10-16)25-21(28)26-20-8-3-2-7-19(20)24-18-6-4-5-15(22)13-18/h2-3,7-12,15,18,24H,4-6,13H2,1H3,(H,23,27)(H2,25,26,28). The van der Waals surface area contributed by atoms with Crippen LogP contribution in [0.25, 0.3) is 0 Å². The number of anilines is 4. The Morgan fingerprint density at radius 1 is 0.964 bits per heavy atom. The number of rotatable bonds is 5. The minimum Gasteiger partial charge on any atom is -0.381 e. The third-order valence-electron chi connectivity index (χ3n) is 4.61.